The van der Waals surface area contributed by atoms with Gasteiger partial charge in [0.25, 0.3) is 0 Å². The van der Waals surface area contributed by atoms with Gasteiger partial charge in [0.1, 0.15) is 6.10 Å². The van der Waals surface area contributed by atoms with Crippen molar-refractivity contribution in [3.05, 3.63) is 72.3 Å². The second-order valence-electron chi connectivity index (χ2n) is 5.04. The molecule has 0 fully saturated rings. The van der Waals surface area contributed by atoms with Crippen molar-refractivity contribution in [1.29, 1.82) is 0 Å². The predicted octanol–water partition coefficient (Wildman–Crippen LogP) is 4.92. The van der Waals surface area contributed by atoms with Crippen molar-refractivity contribution in [1.82, 2.24) is 0 Å². The maximum Gasteiger partial charge on any atom is 0.333 e. The van der Waals surface area contributed by atoms with Crippen LogP contribution >= 0.6 is 0 Å². The molecular weight excluding hydrogens is 260 g/mol. The monoisotopic (exact) mass is 280 g/mol. The van der Waals surface area contributed by atoms with Crippen LogP contribution in [0.4, 0.5) is 0 Å². The van der Waals surface area contributed by atoms with Crippen LogP contribution in [0.5, 0.6) is 0 Å². The molecule has 2 rings (SSSR count). The summed E-state index contributed by atoms with van der Waals surface area (Å²) in [5.41, 5.74) is 3.67. The quantitative estimate of drug-likeness (QED) is 0.573. The first-order chi connectivity index (χ1) is 10.1. The zero-order chi connectivity index (χ0) is 15.2. The van der Waals surface area contributed by atoms with Crippen LogP contribution in [0, 0.1) is 0 Å². The largest absolute Gasteiger partial charge is 0.454 e. The van der Waals surface area contributed by atoms with Gasteiger partial charge >= 0.3 is 5.97 Å². The summed E-state index contributed by atoms with van der Waals surface area (Å²) in [7, 11) is 0. The lowest BCUT2D eigenvalue weighted by Gasteiger charge is -2.20. The summed E-state index contributed by atoms with van der Waals surface area (Å²) in [6.07, 6.45) is 0.466. The standard InChI is InChI=1S/C19H20O2/c1-4-18(21-19(20)14(2)3)17-13-9-8-12-16(17)15-10-6-5-7-11-15/h5-13,18H,2,4H2,1,3H3. The van der Waals surface area contributed by atoms with E-state index in [2.05, 4.69) is 24.8 Å². The van der Waals surface area contributed by atoms with Gasteiger partial charge in [0.2, 0.25) is 0 Å². The highest BCUT2D eigenvalue weighted by Gasteiger charge is 2.18. The van der Waals surface area contributed by atoms with Crippen molar-refractivity contribution in [2.24, 2.45) is 0 Å². The van der Waals surface area contributed by atoms with Crippen molar-refractivity contribution in [3.63, 3.8) is 0 Å². The van der Waals surface area contributed by atoms with Gasteiger partial charge in [-0.2, -0.15) is 0 Å². The lowest BCUT2D eigenvalue weighted by Crippen LogP contribution is -2.12. The topological polar surface area (TPSA) is 26.3 Å². The lowest BCUT2D eigenvalue weighted by molar-refractivity contribution is -0.144. The summed E-state index contributed by atoms with van der Waals surface area (Å²) in [5, 5.41) is 0. The summed E-state index contributed by atoms with van der Waals surface area (Å²) in [6, 6.07) is 18.2. The van der Waals surface area contributed by atoms with Gasteiger partial charge in [-0.15, -0.1) is 0 Å². The van der Waals surface area contributed by atoms with E-state index in [0.29, 0.717) is 5.57 Å². The minimum absolute atomic E-state index is 0.259. The average Bonchev–Trinajstić information content (AvgIpc) is 2.53. The van der Waals surface area contributed by atoms with E-state index in [1.54, 1.807) is 6.92 Å². The third-order valence-corrected chi connectivity index (χ3v) is 3.36. The van der Waals surface area contributed by atoms with Gasteiger partial charge in [-0.1, -0.05) is 68.1 Å². The molecule has 0 spiro atoms. The molecule has 21 heavy (non-hydrogen) atoms. The third-order valence-electron chi connectivity index (χ3n) is 3.36. The van der Waals surface area contributed by atoms with Gasteiger partial charge in [-0.25, -0.2) is 4.79 Å². The van der Waals surface area contributed by atoms with Gasteiger partial charge in [-0.05, 0) is 24.5 Å². The molecule has 0 bridgehead atoms. The van der Waals surface area contributed by atoms with Gasteiger partial charge in [-0.3, -0.25) is 0 Å². The van der Waals surface area contributed by atoms with Crippen molar-refractivity contribution in [3.8, 4) is 11.1 Å². The highest BCUT2D eigenvalue weighted by atomic mass is 16.5. The molecule has 0 aliphatic carbocycles. The van der Waals surface area contributed by atoms with E-state index in [0.717, 1.165) is 23.1 Å². The maximum absolute atomic E-state index is 11.8. The van der Waals surface area contributed by atoms with E-state index in [1.807, 2.05) is 43.3 Å². The molecule has 0 radical (unpaired) electrons. The molecule has 0 aliphatic rings. The molecule has 0 aromatic heterocycles. The summed E-state index contributed by atoms with van der Waals surface area (Å²) in [5.74, 6) is -0.343. The molecule has 0 heterocycles. The summed E-state index contributed by atoms with van der Waals surface area (Å²) < 4.78 is 5.57. The second kappa shape index (κ2) is 6.89. The Morgan fingerprint density at radius 3 is 2.33 bits per heavy atom. The molecule has 0 aliphatic heterocycles. The molecule has 1 unspecified atom stereocenters. The van der Waals surface area contributed by atoms with E-state index >= 15 is 0 Å². The Bertz CT molecular complexity index is 629. The fourth-order valence-electron chi connectivity index (χ4n) is 2.25. The third kappa shape index (κ3) is 3.60. The molecule has 0 saturated carbocycles. The number of hydrogen-bond donors (Lipinski definition) is 0. The number of ether oxygens (including phenoxy) is 1. The van der Waals surface area contributed by atoms with Crippen molar-refractivity contribution >= 4 is 5.97 Å². The van der Waals surface area contributed by atoms with Crippen molar-refractivity contribution in [2.75, 3.05) is 0 Å². The van der Waals surface area contributed by atoms with Crippen LogP contribution in [0.1, 0.15) is 31.9 Å². The number of carbonyl (C=O) groups excluding carboxylic acids is 1. The summed E-state index contributed by atoms with van der Waals surface area (Å²) in [4.78, 5) is 11.8. The highest BCUT2D eigenvalue weighted by Crippen LogP contribution is 2.32. The zero-order valence-corrected chi connectivity index (χ0v) is 12.5. The molecule has 0 amide bonds. The Morgan fingerprint density at radius 2 is 1.71 bits per heavy atom. The lowest BCUT2D eigenvalue weighted by atomic mass is 9.95. The first-order valence-electron chi connectivity index (χ1n) is 7.14. The zero-order valence-electron chi connectivity index (χ0n) is 12.5. The molecule has 0 N–H and O–H groups in total. The van der Waals surface area contributed by atoms with Gasteiger partial charge < -0.3 is 4.74 Å². The summed E-state index contributed by atoms with van der Waals surface area (Å²) >= 11 is 0. The Labute approximate surface area is 126 Å². The minimum Gasteiger partial charge on any atom is -0.454 e. The molecule has 1 atom stereocenters. The fraction of sp³-hybridized carbons (Fsp3) is 0.211. The van der Waals surface area contributed by atoms with Gasteiger partial charge in [0, 0.05) is 11.1 Å². The number of carbonyl (C=O) groups is 1. The highest BCUT2D eigenvalue weighted by molar-refractivity contribution is 5.87. The van der Waals surface area contributed by atoms with E-state index in [9.17, 15) is 4.79 Å². The average molecular weight is 280 g/mol. The van der Waals surface area contributed by atoms with Gasteiger partial charge in [0.05, 0.1) is 0 Å². The second-order valence-corrected chi connectivity index (χ2v) is 5.04. The Kier molecular flexibility index (Phi) is 4.94. The molecule has 2 aromatic rings. The maximum atomic E-state index is 11.8. The minimum atomic E-state index is -0.343. The number of hydrogen-bond acceptors (Lipinski definition) is 2. The van der Waals surface area contributed by atoms with Crippen LogP contribution in [0.3, 0.4) is 0 Å². The van der Waals surface area contributed by atoms with E-state index < -0.39 is 0 Å². The van der Waals surface area contributed by atoms with Crippen LogP contribution in [0.2, 0.25) is 0 Å². The molecule has 108 valence electrons. The first-order valence-corrected chi connectivity index (χ1v) is 7.14. The van der Waals surface area contributed by atoms with E-state index in [-0.39, 0.29) is 12.1 Å². The molecule has 2 nitrogen and oxygen atoms in total. The SMILES string of the molecule is C=C(C)C(=O)OC(CC)c1ccccc1-c1ccccc1. The van der Waals surface area contributed by atoms with Crippen molar-refractivity contribution in [2.45, 2.75) is 26.4 Å². The molecule has 2 heteroatoms. The van der Waals surface area contributed by atoms with E-state index in [4.69, 9.17) is 4.74 Å². The molecule has 0 saturated heterocycles. The number of rotatable bonds is 5. The Balaban J connectivity index is 2.38. The summed E-state index contributed by atoms with van der Waals surface area (Å²) in [6.45, 7) is 7.32. The van der Waals surface area contributed by atoms with E-state index in [1.165, 1.54) is 0 Å². The predicted molar refractivity (Wildman–Crippen MR) is 85.8 cm³/mol. The smallest absolute Gasteiger partial charge is 0.333 e. The van der Waals surface area contributed by atoms with Crippen LogP contribution in [-0.4, -0.2) is 5.97 Å². The Morgan fingerprint density at radius 1 is 1.10 bits per heavy atom. The molecular formula is C19H20O2. The normalized spacial score (nSPS) is 11.7. The van der Waals surface area contributed by atoms with Gasteiger partial charge in [0.15, 0.2) is 0 Å². The Hall–Kier alpha value is -2.35. The first kappa shape index (κ1) is 15.0. The van der Waals surface area contributed by atoms with Crippen molar-refractivity contribution < 1.29 is 9.53 Å². The number of esters is 1. The number of benzene rings is 2. The fourth-order valence-corrected chi connectivity index (χ4v) is 2.25. The molecule has 2 aromatic carbocycles. The van der Waals surface area contributed by atoms with Crippen LogP contribution in [0.15, 0.2) is 66.7 Å². The van der Waals surface area contributed by atoms with Crippen LogP contribution < -0.4 is 0 Å². The van der Waals surface area contributed by atoms with Crippen LogP contribution in [-0.2, 0) is 9.53 Å². The van der Waals surface area contributed by atoms with Crippen LogP contribution in [0.25, 0.3) is 11.1 Å².